The van der Waals surface area contributed by atoms with Crippen LogP contribution in [0.4, 0.5) is 11.4 Å². The molecule has 4 aromatic heterocycles. The van der Waals surface area contributed by atoms with Crippen molar-refractivity contribution < 1.29 is 23.6 Å². The molecule has 0 fully saturated rings. The van der Waals surface area contributed by atoms with Crippen molar-refractivity contribution in [1.29, 1.82) is 0 Å². The number of rotatable bonds is 5. The number of nitrogens with zero attached hydrogens (tertiary/aromatic N) is 4. The number of hydrogen-bond acceptors (Lipinski definition) is 7. The molecule has 4 rings (SSSR count). The summed E-state index contributed by atoms with van der Waals surface area (Å²) >= 11 is 0. The number of carbonyl (C=O) groups is 1. The van der Waals surface area contributed by atoms with Crippen LogP contribution in [0.2, 0.25) is 0 Å². The first-order valence-electron chi connectivity index (χ1n) is 8.34. The zero-order valence-corrected chi connectivity index (χ0v) is 15.9. The van der Waals surface area contributed by atoms with Crippen LogP contribution in [0.1, 0.15) is 5.69 Å². The van der Waals surface area contributed by atoms with E-state index in [1.807, 2.05) is 0 Å². The van der Waals surface area contributed by atoms with Crippen LogP contribution in [-0.2, 0) is 21.2 Å². The van der Waals surface area contributed by atoms with Crippen LogP contribution in [0.3, 0.4) is 0 Å². The van der Waals surface area contributed by atoms with Gasteiger partial charge in [-0.25, -0.2) is 13.4 Å². The number of amides is 1. The Morgan fingerprint density at radius 1 is 1.07 bits per heavy atom. The molecule has 0 saturated carbocycles. The number of aromatic nitrogens is 4. The molecule has 0 radical (unpaired) electrons. The van der Waals surface area contributed by atoms with E-state index in [0.717, 1.165) is 15.7 Å². The Balaban J connectivity index is 1.60. The maximum Gasteiger partial charge on any atom is 0.230 e. The first-order chi connectivity index (χ1) is 13.7. The van der Waals surface area contributed by atoms with E-state index in [0.29, 0.717) is 22.4 Å². The topological polar surface area (TPSA) is 151 Å². The second-order valence-corrected chi connectivity index (χ2v) is 8.16. The molecule has 0 saturated heterocycles. The standard InChI is InChI=1S/C17H16N6O5S/c1-29(27,28)21-12-9-23(26)14-5-4-10(19-17(12)14)7-15(24)20-11-8-22(25)13-3-2-6-18-16(11)13/h2-6,8-9,21,25-26H,7H2,1H3,(H,20,24). The van der Waals surface area contributed by atoms with Crippen LogP contribution < -0.4 is 10.0 Å². The normalized spacial score (nSPS) is 11.8. The highest BCUT2D eigenvalue weighted by Gasteiger charge is 2.16. The van der Waals surface area contributed by atoms with Crippen LogP contribution >= 0.6 is 0 Å². The van der Waals surface area contributed by atoms with E-state index < -0.39 is 15.9 Å². The molecule has 0 atom stereocenters. The van der Waals surface area contributed by atoms with Crippen LogP contribution in [-0.4, -0.2) is 50.4 Å². The Kier molecular flexibility index (Phi) is 4.27. The predicted octanol–water partition coefficient (Wildman–Crippen LogP) is 1.41. The average molecular weight is 416 g/mol. The number of carbonyl (C=O) groups excluding carboxylic acids is 1. The van der Waals surface area contributed by atoms with Crippen LogP contribution in [0.5, 0.6) is 0 Å². The minimum atomic E-state index is -3.58. The summed E-state index contributed by atoms with van der Waals surface area (Å²) in [6, 6.07) is 6.39. The van der Waals surface area contributed by atoms with Gasteiger partial charge in [-0.15, -0.1) is 0 Å². The summed E-state index contributed by atoms with van der Waals surface area (Å²) in [5.41, 5.74) is 2.17. The van der Waals surface area contributed by atoms with Crippen molar-refractivity contribution in [3.63, 3.8) is 0 Å². The van der Waals surface area contributed by atoms with Crippen molar-refractivity contribution in [3.8, 4) is 0 Å². The summed E-state index contributed by atoms with van der Waals surface area (Å²) in [7, 11) is -3.58. The molecule has 29 heavy (non-hydrogen) atoms. The third kappa shape index (κ3) is 3.65. The molecule has 4 heterocycles. The second kappa shape index (κ2) is 6.67. The summed E-state index contributed by atoms with van der Waals surface area (Å²) in [6.07, 6.45) is 4.94. The summed E-state index contributed by atoms with van der Waals surface area (Å²) in [5, 5.41) is 22.4. The Morgan fingerprint density at radius 2 is 1.76 bits per heavy atom. The highest BCUT2D eigenvalue weighted by atomic mass is 32.2. The van der Waals surface area contributed by atoms with Crippen LogP contribution in [0.25, 0.3) is 22.1 Å². The highest BCUT2D eigenvalue weighted by Crippen LogP contribution is 2.25. The third-order valence-corrected chi connectivity index (χ3v) is 4.73. The minimum absolute atomic E-state index is 0.0970. The lowest BCUT2D eigenvalue weighted by Crippen LogP contribution is -2.15. The van der Waals surface area contributed by atoms with Gasteiger partial charge in [0.15, 0.2) is 0 Å². The van der Waals surface area contributed by atoms with Crippen molar-refractivity contribution >= 4 is 49.4 Å². The van der Waals surface area contributed by atoms with Gasteiger partial charge < -0.3 is 15.7 Å². The van der Waals surface area contributed by atoms with Gasteiger partial charge in [0.05, 0.1) is 42.1 Å². The maximum absolute atomic E-state index is 12.5. The second-order valence-electron chi connectivity index (χ2n) is 6.42. The molecule has 4 N–H and O–H groups in total. The predicted molar refractivity (Wildman–Crippen MR) is 105 cm³/mol. The quantitative estimate of drug-likeness (QED) is 0.359. The van der Waals surface area contributed by atoms with Crippen LogP contribution in [0, 0.1) is 0 Å². The van der Waals surface area contributed by atoms with E-state index in [4.69, 9.17) is 0 Å². The molecular weight excluding hydrogens is 400 g/mol. The molecule has 0 aliphatic carbocycles. The monoisotopic (exact) mass is 416 g/mol. The largest absolute Gasteiger partial charge is 0.428 e. The number of hydrogen-bond donors (Lipinski definition) is 4. The zero-order valence-electron chi connectivity index (χ0n) is 15.1. The Bertz CT molecular complexity index is 1360. The molecule has 0 bridgehead atoms. The maximum atomic E-state index is 12.5. The van der Waals surface area contributed by atoms with E-state index in [2.05, 4.69) is 20.0 Å². The highest BCUT2D eigenvalue weighted by molar-refractivity contribution is 7.92. The fraction of sp³-hybridized carbons (Fsp3) is 0.118. The van der Waals surface area contributed by atoms with Gasteiger partial charge in [-0.1, -0.05) is 0 Å². The number of sulfonamides is 1. The van der Waals surface area contributed by atoms with Gasteiger partial charge in [0.1, 0.15) is 22.1 Å². The van der Waals surface area contributed by atoms with E-state index in [-0.39, 0.29) is 23.1 Å². The van der Waals surface area contributed by atoms with E-state index in [9.17, 15) is 23.6 Å². The summed E-state index contributed by atoms with van der Waals surface area (Å²) in [6.45, 7) is 0. The minimum Gasteiger partial charge on any atom is -0.428 e. The smallest absolute Gasteiger partial charge is 0.230 e. The lowest BCUT2D eigenvalue weighted by molar-refractivity contribution is -0.115. The summed E-state index contributed by atoms with van der Waals surface area (Å²) in [5.74, 6) is -0.406. The van der Waals surface area contributed by atoms with Crippen molar-refractivity contribution in [2.75, 3.05) is 16.3 Å². The first-order valence-corrected chi connectivity index (χ1v) is 10.2. The SMILES string of the molecule is CS(=O)(=O)Nc1cn(O)c2ccc(CC(=O)Nc3cn(O)c4cccnc34)nc12. The van der Waals surface area contributed by atoms with Gasteiger partial charge >= 0.3 is 0 Å². The number of fused-ring (bicyclic) bond motifs is 2. The number of anilines is 2. The molecular formula is C17H16N6O5S. The lowest BCUT2D eigenvalue weighted by Gasteiger charge is -2.05. The molecule has 0 aliphatic heterocycles. The number of pyridine rings is 2. The molecule has 0 aromatic carbocycles. The average Bonchev–Trinajstić information content (AvgIpc) is 3.11. The van der Waals surface area contributed by atoms with E-state index in [1.54, 1.807) is 24.4 Å². The van der Waals surface area contributed by atoms with Gasteiger partial charge in [0, 0.05) is 6.20 Å². The molecule has 150 valence electrons. The van der Waals surface area contributed by atoms with E-state index >= 15 is 0 Å². The third-order valence-electron chi connectivity index (χ3n) is 4.14. The van der Waals surface area contributed by atoms with Gasteiger partial charge in [0.25, 0.3) is 0 Å². The molecule has 11 nitrogen and oxygen atoms in total. The molecule has 1 amide bonds. The Morgan fingerprint density at radius 3 is 2.48 bits per heavy atom. The Labute approximate surface area is 164 Å². The summed E-state index contributed by atoms with van der Waals surface area (Å²) in [4.78, 5) is 20.9. The Hall–Kier alpha value is -3.80. The molecule has 12 heteroatoms. The summed E-state index contributed by atoms with van der Waals surface area (Å²) < 4.78 is 26.9. The van der Waals surface area contributed by atoms with E-state index in [1.165, 1.54) is 18.5 Å². The van der Waals surface area contributed by atoms with Gasteiger partial charge in [-0.05, 0) is 24.3 Å². The van der Waals surface area contributed by atoms with Crippen molar-refractivity contribution in [1.82, 2.24) is 19.4 Å². The zero-order chi connectivity index (χ0) is 20.8. The van der Waals surface area contributed by atoms with Gasteiger partial charge in [-0.2, -0.15) is 9.46 Å². The fourth-order valence-corrected chi connectivity index (χ4v) is 3.54. The van der Waals surface area contributed by atoms with Crippen molar-refractivity contribution in [2.24, 2.45) is 0 Å². The first kappa shape index (κ1) is 18.6. The van der Waals surface area contributed by atoms with Crippen molar-refractivity contribution in [2.45, 2.75) is 6.42 Å². The molecule has 4 aromatic rings. The van der Waals surface area contributed by atoms with Crippen LogP contribution in [0.15, 0.2) is 42.9 Å². The lowest BCUT2D eigenvalue weighted by atomic mass is 10.2. The number of nitrogens with one attached hydrogen (secondary N) is 2. The fourth-order valence-electron chi connectivity index (χ4n) is 2.99. The molecule has 0 aliphatic rings. The van der Waals surface area contributed by atoms with Crippen molar-refractivity contribution in [3.05, 3.63) is 48.5 Å². The molecule has 0 unspecified atom stereocenters. The van der Waals surface area contributed by atoms with Gasteiger partial charge in [0.2, 0.25) is 15.9 Å². The molecule has 0 spiro atoms. The van der Waals surface area contributed by atoms with Gasteiger partial charge in [-0.3, -0.25) is 14.5 Å².